The van der Waals surface area contributed by atoms with Gasteiger partial charge in [-0.05, 0) is 18.6 Å². The molecule has 106 valence electrons. The van der Waals surface area contributed by atoms with Crippen LogP contribution in [0.25, 0.3) is 0 Å². The molecule has 20 heavy (non-hydrogen) atoms. The lowest BCUT2D eigenvalue weighted by molar-refractivity contribution is -0.141. The Bertz CT molecular complexity index is 529. The molecule has 0 saturated heterocycles. The van der Waals surface area contributed by atoms with Crippen molar-refractivity contribution in [2.75, 3.05) is 18.9 Å². The molecule has 2 rings (SSSR count). The van der Waals surface area contributed by atoms with Gasteiger partial charge in [-0.1, -0.05) is 18.2 Å². The quantitative estimate of drug-likeness (QED) is 0.833. The molecule has 0 unspecified atom stereocenters. The van der Waals surface area contributed by atoms with Gasteiger partial charge in [0.15, 0.2) is 0 Å². The minimum atomic E-state index is -0.953. The van der Waals surface area contributed by atoms with Crippen LogP contribution in [0.3, 0.4) is 0 Å². The first-order valence-corrected chi connectivity index (χ1v) is 6.31. The van der Waals surface area contributed by atoms with Gasteiger partial charge in [-0.2, -0.15) is 0 Å². The van der Waals surface area contributed by atoms with Crippen molar-refractivity contribution in [3.8, 4) is 0 Å². The Morgan fingerprint density at radius 2 is 1.90 bits per heavy atom. The number of hydrogen-bond donors (Lipinski definition) is 2. The highest BCUT2D eigenvalue weighted by molar-refractivity contribution is 5.96. The standard InChI is InChI=1S/C14H16N2O4/c1-16(13(18)10-7-11(10)14(19)20)8-12(17)15-9-5-3-2-4-6-9/h2-6,10-11H,7-8H2,1H3,(H,15,17)(H,19,20)/t10-,11+/m1/s1. The van der Waals surface area contributed by atoms with Gasteiger partial charge in [-0.15, -0.1) is 0 Å². The summed E-state index contributed by atoms with van der Waals surface area (Å²) in [5.41, 5.74) is 0.660. The predicted molar refractivity (Wildman–Crippen MR) is 71.9 cm³/mol. The van der Waals surface area contributed by atoms with E-state index in [1.165, 1.54) is 11.9 Å². The van der Waals surface area contributed by atoms with Gasteiger partial charge in [0.2, 0.25) is 11.8 Å². The van der Waals surface area contributed by atoms with Crippen LogP contribution in [0.4, 0.5) is 5.69 Å². The number of benzene rings is 1. The molecule has 0 aromatic heterocycles. The molecule has 1 aromatic rings. The van der Waals surface area contributed by atoms with Crippen LogP contribution in [0.2, 0.25) is 0 Å². The van der Waals surface area contributed by atoms with Gasteiger partial charge in [0, 0.05) is 12.7 Å². The van der Waals surface area contributed by atoms with Crippen molar-refractivity contribution < 1.29 is 19.5 Å². The number of aliphatic carboxylic acids is 1. The number of carboxylic acid groups (broad SMARTS) is 1. The molecule has 0 spiro atoms. The summed E-state index contributed by atoms with van der Waals surface area (Å²) in [5, 5.41) is 11.5. The second kappa shape index (κ2) is 5.73. The Morgan fingerprint density at radius 3 is 2.45 bits per heavy atom. The van der Waals surface area contributed by atoms with Crippen molar-refractivity contribution >= 4 is 23.5 Å². The monoisotopic (exact) mass is 276 g/mol. The van der Waals surface area contributed by atoms with Crippen molar-refractivity contribution in [3.05, 3.63) is 30.3 Å². The van der Waals surface area contributed by atoms with Crippen molar-refractivity contribution in [2.45, 2.75) is 6.42 Å². The number of nitrogens with one attached hydrogen (secondary N) is 1. The van der Waals surface area contributed by atoms with Crippen LogP contribution in [-0.4, -0.2) is 41.4 Å². The molecular weight excluding hydrogens is 260 g/mol. The minimum absolute atomic E-state index is 0.0867. The Hall–Kier alpha value is -2.37. The summed E-state index contributed by atoms with van der Waals surface area (Å²) in [6.45, 7) is -0.0867. The summed E-state index contributed by atoms with van der Waals surface area (Å²) in [7, 11) is 1.50. The van der Waals surface area contributed by atoms with E-state index in [-0.39, 0.29) is 18.4 Å². The summed E-state index contributed by atoms with van der Waals surface area (Å²) in [6.07, 6.45) is 0.360. The summed E-state index contributed by atoms with van der Waals surface area (Å²) >= 11 is 0. The molecule has 2 N–H and O–H groups in total. The molecule has 1 aliphatic rings. The van der Waals surface area contributed by atoms with Crippen LogP contribution < -0.4 is 5.32 Å². The average Bonchev–Trinajstić information content (AvgIpc) is 3.19. The van der Waals surface area contributed by atoms with Gasteiger partial charge >= 0.3 is 5.97 Å². The van der Waals surface area contributed by atoms with Crippen molar-refractivity contribution in [3.63, 3.8) is 0 Å². The van der Waals surface area contributed by atoms with Crippen molar-refractivity contribution in [2.24, 2.45) is 11.8 Å². The third-order valence-electron chi connectivity index (χ3n) is 3.24. The fourth-order valence-electron chi connectivity index (χ4n) is 2.04. The predicted octanol–water partition coefficient (Wildman–Crippen LogP) is 0.804. The normalized spacial score (nSPS) is 20.1. The van der Waals surface area contributed by atoms with Crippen LogP contribution in [0.5, 0.6) is 0 Å². The fourth-order valence-corrected chi connectivity index (χ4v) is 2.04. The first kappa shape index (κ1) is 14.0. The summed E-state index contributed by atoms with van der Waals surface area (Å²) in [5.74, 6) is -2.63. The molecule has 2 atom stereocenters. The molecule has 1 fully saturated rings. The zero-order chi connectivity index (χ0) is 14.7. The van der Waals surface area contributed by atoms with E-state index in [0.29, 0.717) is 12.1 Å². The molecule has 6 nitrogen and oxygen atoms in total. The maximum absolute atomic E-state index is 11.9. The zero-order valence-electron chi connectivity index (χ0n) is 11.1. The lowest BCUT2D eigenvalue weighted by Crippen LogP contribution is -2.36. The van der Waals surface area contributed by atoms with Gasteiger partial charge in [0.25, 0.3) is 0 Å². The lowest BCUT2D eigenvalue weighted by Gasteiger charge is -2.16. The fraction of sp³-hybridized carbons (Fsp3) is 0.357. The molecule has 1 aliphatic carbocycles. The molecule has 0 heterocycles. The molecule has 6 heteroatoms. The van der Waals surface area contributed by atoms with Gasteiger partial charge in [0.05, 0.1) is 18.4 Å². The highest BCUT2D eigenvalue weighted by atomic mass is 16.4. The van der Waals surface area contributed by atoms with Crippen LogP contribution in [0.1, 0.15) is 6.42 Å². The minimum Gasteiger partial charge on any atom is -0.481 e. The third kappa shape index (κ3) is 3.34. The average molecular weight is 276 g/mol. The summed E-state index contributed by atoms with van der Waals surface area (Å²) in [6, 6.07) is 8.94. The number of carboxylic acids is 1. The SMILES string of the molecule is CN(CC(=O)Nc1ccccc1)C(=O)[C@@H]1C[C@@H]1C(=O)O. The van der Waals surface area contributed by atoms with Gasteiger partial charge in [0.1, 0.15) is 0 Å². The van der Waals surface area contributed by atoms with E-state index in [2.05, 4.69) is 5.32 Å². The maximum atomic E-state index is 11.9. The van der Waals surface area contributed by atoms with Crippen LogP contribution >= 0.6 is 0 Å². The van der Waals surface area contributed by atoms with Gasteiger partial charge in [-0.25, -0.2) is 0 Å². The molecule has 1 saturated carbocycles. The molecule has 0 bridgehead atoms. The van der Waals surface area contributed by atoms with E-state index in [1.54, 1.807) is 24.3 Å². The van der Waals surface area contributed by atoms with Gasteiger partial charge < -0.3 is 15.3 Å². The Labute approximate surface area is 116 Å². The van der Waals surface area contributed by atoms with Crippen molar-refractivity contribution in [1.29, 1.82) is 0 Å². The number of carbonyl (C=O) groups excluding carboxylic acids is 2. The van der Waals surface area contributed by atoms with Crippen LogP contribution in [0.15, 0.2) is 30.3 Å². The summed E-state index contributed by atoms with van der Waals surface area (Å²) < 4.78 is 0. The van der Waals surface area contributed by atoms with E-state index in [4.69, 9.17) is 5.11 Å². The number of anilines is 1. The molecule has 1 aromatic carbocycles. The smallest absolute Gasteiger partial charge is 0.307 e. The maximum Gasteiger partial charge on any atom is 0.307 e. The van der Waals surface area contributed by atoms with Crippen LogP contribution in [0, 0.1) is 11.8 Å². The first-order valence-electron chi connectivity index (χ1n) is 6.31. The number of hydrogen-bond acceptors (Lipinski definition) is 3. The molecular formula is C14H16N2O4. The second-order valence-electron chi connectivity index (χ2n) is 4.90. The highest BCUT2D eigenvalue weighted by Crippen LogP contribution is 2.39. The lowest BCUT2D eigenvalue weighted by atomic mass is 10.3. The van der Waals surface area contributed by atoms with Crippen LogP contribution in [-0.2, 0) is 14.4 Å². The Kier molecular flexibility index (Phi) is 4.02. The number of nitrogens with zero attached hydrogens (tertiary/aromatic N) is 1. The zero-order valence-corrected chi connectivity index (χ0v) is 11.1. The molecule has 0 radical (unpaired) electrons. The molecule has 0 aliphatic heterocycles. The van der Waals surface area contributed by atoms with E-state index in [9.17, 15) is 14.4 Å². The largest absolute Gasteiger partial charge is 0.481 e. The summed E-state index contributed by atoms with van der Waals surface area (Å²) in [4.78, 5) is 35.6. The topological polar surface area (TPSA) is 86.7 Å². The number of carbonyl (C=O) groups is 3. The van der Waals surface area contributed by atoms with Crippen molar-refractivity contribution in [1.82, 2.24) is 4.90 Å². The third-order valence-corrected chi connectivity index (χ3v) is 3.24. The second-order valence-corrected chi connectivity index (χ2v) is 4.90. The van der Waals surface area contributed by atoms with E-state index in [1.807, 2.05) is 6.07 Å². The first-order chi connectivity index (χ1) is 9.49. The number of rotatable bonds is 5. The number of likely N-dealkylation sites (N-methyl/N-ethyl adjacent to an activating group) is 1. The number of amides is 2. The van der Waals surface area contributed by atoms with E-state index in [0.717, 1.165) is 0 Å². The Morgan fingerprint density at radius 1 is 1.25 bits per heavy atom. The molecule has 2 amide bonds. The van der Waals surface area contributed by atoms with E-state index >= 15 is 0 Å². The number of para-hydroxylation sites is 1. The van der Waals surface area contributed by atoms with Gasteiger partial charge in [-0.3, -0.25) is 14.4 Å². The Balaban J connectivity index is 1.82. The highest BCUT2D eigenvalue weighted by Gasteiger charge is 2.49. The van der Waals surface area contributed by atoms with E-state index < -0.39 is 17.8 Å².